The fraction of sp³-hybridized carbons (Fsp3) is 0.333. The summed E-state index contributed by atoms with van der Waals surface area (Å²) >= 11 is 1.36. The van der Waals surface area contributed by atoms with Crippen LogP contribution in [-0.2, 0) is 36.2 Å². The van der Waals surface area contributed by atoms with Gasteiger partial charge in [0.25, 0.3) is 0 Å². The first-order chi connectivity index (χ1) is 14.3. The zero-order valence-corrected chi connectivity index (χ0v) is 24.8. The Morgan fingerprint density at radius 2 is 1.00 bits per heavy atom. The number of benzene rings is 2. The first-order valence-corrected chi connectivity index (χ1v) is 15.1. The molecular formula is C30H40SiZr-4. The van der Waals surface area contributed by atoms with Gasteiger partial charge in [-0.05, 0) is 24.7 Å². The van der Waals surface area contributed by atoms with Crippen LogP contribution in [0.5, 0.6) is 0 Å². The molecule has 0 aliphatic carbocycles. The van der Waals surface area contributed by atoms with Crippen molar-refractivity contribution in [1.29, 1.82) is 0 Å². The molecule has 4 rings (SSSR count). The van der Waals surface area contributed by atoms with Crippen LogP contribution >= 0.6 is 0 Å². The van der Waals surface area contributed by atoms with Crippen LogP contribution in [0.3, 0.4) is 0 Å². The Morgan fingerprint density at radius 1 is 0.656 bits per heavy atom. The van der Waals surface area contributed by atoms with E-state index in [0.29, 0.717) is 0 Å². The normalized spacial score (nSPS) is 10.1. The number of rotatable bonds is 4. The molecule has 32 heavy (non-hydrogen) atoms. The zero-order valence-electron chi connectivity index (χ0n) is 21.3. The molecule has 0 unspecified atom stereocenters. The molecule has 0 saturated heterocycles. The van der Waals surface area contributed by atoms with Crippen molar-refractivity contribution in [3.05, 3.63) is 97.8 Å². The third-order valence-corrected chi connectivity index (χ3v) is 5.12. The SMILES string of the molecule is Cc1cc2cc(CC(C)C)ccc2[cH-]1.Cc1cc2cc(CC(C)C)ccc2[cH-]1.[CH3-].[CH3-].[Si]=[Zr]. The Kier molecular flexibility index (Phi) is 14.2. The van der Waals surface area contributed by atoms with E-state index >= 15 is 0 Å². The molecule has 0 fully saturated rings. The molecule has 0 amide bonds. The van der Waals surface area contributed by atoms with Gasteiger partial charge in [-0.2, -0.15) is 12.1 Å². The van der Waals surface area contributed by atoms with E-state index in [0.717, 1.165) is 11.8 Å². The van der Waals surface area contributed by atoms with Gasteiger partial charge in [0.2, 0.25) is 0 Å². The van der Waals surface area contributed by atoms with Gasteiger partial charge in [-0.3, -0.25) is 0 Å². The molecule has 4 aromatic carbocycles. The molecule has 0 bridgehead atoms. The summed E-state index contributed by atoms with van der Waals surface area (Å²) in [4.78, 5) is 0. The van der Waals surface area contributed by atoms with Crippen molar-refractivity contribution in [2.75, 3.05) is 0 Å². The maximum absolute atomic E-state index is 3.06. The van der Waals surface area contributed by atoms with Gasteiger partial charge in [0.1, 0.15) is 0 Å². The van der Waals surface area contributed by atoms with Gasteiger partial charge in [0.05, 0.1) is 0 Å². The summed E-state index contributed by atoms with van der Waals surface area (Å²) < 4.78 is 0. The average molecular weight is 520 g/mol. The third kappa shape index (κ3) is 9.32. The molecule has 0 spiro atoms. The summed E-state index contributed by atoms with van der Waals surface area (Å²) in [5.41, 5.74) is 5.64. The summed E-state index contributed by atoms with van der Waals surface area (Å²) in [6.07, 6.45) is 2.36. The maximum atomic E-state index is 3.06. The topological polar surface area (TPSA) is 0 Å². The van der Waals surface area contributed by atoms with Gasteiger partial charge in [-0.15, -0.1) is 81.2 Å². The van der Waals surface area contributed by atoms with Gasteiger partial charge in [-0.25, -0.2) is 0 Å². The molecular weight excluding hydrogens is 480 g/mol. The van der Waals surface area contributed by atoms with Crippen LogP contribution in [-0.4, -0.2) is 6.88 Å². The summed E-state index contributed by atoms with van der Waals surface area (Å²) in [6, 6.07) is 22.6. The second-order valence-corrected chi connectivity index (χ2v) is 9.19. The molecule has 0 aromatic heterocycles. The van der Waals surface area contributed by atoms with Crippen molar-refractivity contribution >= 4 is 28.4 Å². The predicted octanol–water partition coefficient (Wildman–Crippen LogP) is 8.65. The van der Waals surface area contributed by atoms with Crippen LogP contribution in [0.15, 0.2) is 60.7 Å². The van der Waals surface area contributed by atoms with E-state index in [4.69, 9.17) is 0 Å². The molecule has 0 aliphatic rings. The van der Waals surface area contributed by atoms with E-state index in [-0.39, 0.29) is 14.9 Å². The molecule has 0 atom stereocenters. The van der Waals surface area contributed by atoms with Crippen LogP contribution < -0.4 is 0 Å². The number of fused-ring (bicyclic) bond motifs is 2. The van der Waals surface area contributed by atoms with Gasteiger partial charge in [0.15, 0.2) is 0 Å². The minimum atomic E-state index is 0. The summed E-state index contributed by atoms with van der Waals surface area (Å²) in [5.74, 6) is 1.48. The molecule has 0 aliphatic heterocycles. The van der Waals surface area contributed by atoms with E-state index in [9.17, 15) is 0 Å². The van der Waals surface area contributed by atoms with E-state index < -0.39 is 0 Å². The quantitative estimate of drug-likeness (QED) is 0.187. The van der Waals surface area contributed by atoms with E-state index in [2.05, 4.69) is 109 Å². The molecule has 0 saturated carbocycles. The first kappa shape index (κ1) is 30.8. The third-order valence-electron chi connectivity index (χ3n) is 5.12. The zero-order chi connectivity index (χ0) is 22.3. The van der Waals surface area contributed by atoms with Crippen LogP contribution in [0, 0.1) is 40.5 Å². The number of hydrogen-bond acceptors (Lipinski definition) is 0. The Hall–Kier alpha value is -1.24. The molecule has 4 aromatic rings. The van der Waals surface area contributed by atoms with Crippen LogP contribution in [0.25, 0.3) is 21.5 Å². The molecule has 0 N–H and O–H groups in total. The van der Waals surface area contributed by atoms with Crippen LogP contribution in [0.4, 0.5) is 0 Å². The standard InChI is InChI=1S/2C14H17.2CH3.Si.Zr/c2*1-10(2)6-12-4-5-13-7-11(3)8-14(13)9-12;;;;/h2*4-5,7-10H,6H2,1-3H3;2*1H3;;/q4*-1;;. The second-order valence-electron chi connectivity index (χ2n) is 9.19. The monoisotopic (exact) mass is 518 g/mol. The molecule has 0 nitrogen and oxygen atoms in total. The van der Waals surface area contributed by atoms with E-state index in [1.54, 1.807) is 0 Å². The van der Waals surface area contributed by atoms with Crippen molar-refractivity contribution in [2.45, 2.75) is 54.4 Å². The predicted molar refractivity (Wildman–Crippen MR) is 144 cm³/mol. The van der Waals surface area contributed by atoms with E-state index in [1.165, 1.54) is 80.0 Å². The van der Waals surface area contributed by atoms with Crippen molar-refractivity contribution in [3.63, 3.8) is 0 Å². The van der Waals surface area contributed by atoms with Crippen molar-refractivity contribution < 1.29 is 23.3 Å². The van der Waals surface area contributed by atoms with Crippen molar-refractivity contribution in [1.82, 2.24) is 0 Å². The molecule has 2 radical (unpaired) electrons. The Morgan fingerprint density at radius 3 is 1.31 bits per heavy atom. The summed E-state index contributed by atoms with van der Waals surface area (Å²) in [6.45, 7) is 16.4. The molecule has 0 heterocycles. The van der Waals surface area contributed by atoms with Crippen molar-refractivity contribution in [3.8, 4) is 0 Å². The first-order valence-electron chi connectivity index (χ1n) is 10.9. The van der Waals surface area contributed by atoms with Crippen LogP contribution in [0.1, 0.15) is 49.9 Å². The number of hydrogen-bond donors (Lipinski definition) is 0. The van der Waals surface area contributed by atoms with Gasteiger partial charge < -0.3 is 14.9 Å². The number of aryl methyl sites for hydroxylation is 2. The van der Waals surface area contributed by atoms with Gasteiger partial charge in [-0.1, -0.05) is 52.7 Å². The molecule has 172 valence electrons. The average Bonchev–Trinajstić information content (AvgIpc) is 3.22. The Labute approximate surface area is 214 Å². The fourth-order valence-corrected chi connectivity index (χ4v) is 4.02. The summed E-state index contributed by atoms with van der Waals surface area (Å²) in [5, 5.41) is 5.52. The van der Waals surface area contributed by atoms with Crippen LogP contribution in [0.2, 0.25) is 0 Å². The minimum absolute atomic E-state index is 0. The summed E-state index contributed by atoms with van der Waals surface area (Å²) in [7, 11) is 0. The Balaban J connectivity index is 0.000000527. The molecule has 2 heteroatoms. The van der Waals surface area contributed by atoms with Crippen molar-refractivity contribution in [2.24, 2.45) is 11.8 Å². The Bertz CT molecular complexity index is 979. The fourth-order valence-electron chi connectivity index (χ4n) is 4.02. The van der Waals surface area contributed by atoms with E-state index in [1.807, 2.05) is 0 Å². The van der Waals surface area contributed by atoms with Gasteiger partial charge >= 0.3 is 30.2 Å². The van der Waals surface area contributed by atoms with Gasteiger partial charge in [0, 0.05) is 0 Å². The second kappa shape index (κ2) is 14.8.